The van der Waals surface area contributed by atoms with Crippen molar-refractivity contribution >= 4 is 0 Å². The molecule has 2 aliphatic rings. The smallest absolute Gasteiger partial charge is 0.0954 e. The van der Waals surface area contributed by atoms with E-state index in [0.717, 1.165) is 0 Å². The quantitative estimate of drug-likeness (QED) is 0.886. The van der Waals surface area contributed by atoms with E-state index in [1.807, 2.05) is 0 Å². The number of nitrogens with one attached hydrogen (secondary N) is 1. The number of likely N-dealkylation sites (N-methyl/N-ethyl adjacent to an activating group) is 1. The Morgan fingerprint density at radius 2 is 2.05 bits per heavy atom. The van der Waals surface area contributed by atoms with Crippen LogP contribution in [-0.2, 0) is 12.8 Å². The first kappa shape index (κ1) is 13.2. The lowest BCUT2D eigenvalue weighted by atomic mass is 9.70. The second kappa shape index (κ2) is 4.93. The lowest BCUT2D eigenvalue weighted by Crippen LogP contribution is -2.49. The maximum Gasteiger partial charge on any atom is 0.0954 e. The molecule has 0 bridgehead atoms. The van der Waals surface area contributed by atoms with E-state index in [2.05, 4.69) is 42.1 Å². The second-order valence-corrected chi connectivity index (χ2v) is 6.97. The van der Waals surface area contributed by atoms with Crippen molar-refractivity contribution < 1.29 is 0 Å². The van der Waals surface area contributed by atoms with Gasteiger partial charge in [0.2, 0.25) is 0 Å². The maximum absolute atomic E-state index is 4.68. The van der Waals surface area contributed by atoms with Crippen LogP contribution in [0.5, 0.6) is 0 Å². The van der Waals surface area contributed by atoms with Gasteiger partial charge in [0, 0.05) is 11.7 Å². The summed E-state index contributed by atoms with van der Waals surface area (Å²) in [7, 11) is 2.12. The van der Waals surface area contributed by atoms with Gasteiger partial charge in [0.1, 0.15) is 0 Å². The Kier molecular flexibility index (Phi) is 3.42. The van der Waals surface area contributed by atoms with Crippen LogP contribution in [-0.4, -0.2) is 22.6 Å². The SMILES string of the molecule is CNC1C(n2cnc3c2CCCC3)CCCC1(C)C. The molecule has 1 aromatic rings. The summed E-state index contributed by atoms with van der Waals surface area (Å²) in [4.78, 5) is 4.68. The number of nitrogens with zero attached hydrogens (tertiary/aromatic N) is 2. The Bertz CT molecular complexity index is 447. The Balaban J connectivity index is 1.94. The van der Waals surface area contributed by atoms with Crippen molar-refractivity contribution in [1.82, 2.24) is 14.9 Å². The Labute approximate surface area is 116 Å². The summed E-state index contributed by atoms with van der Waals surface area (Å²) in [5.41, 5.74) is 3.27. The summed E-state index contributed by atoms with van der Waals surface area (Å²) < 4.78 is 2.51. The van der Waals surface area contributed by atoms with Gasteiger partial charge in [0.15, 0.2) is 0 Å². The van der Waals surface area contributed by atoms with Crippen LogP contribution in [0.25, 0.3) is 0 Å². The fourth-order valence-electron chi connectivity index (χ4n) is 4.27. The predicted molar refractivity (Wildman–Crippen MR) is 78.4 cm³/mol. The van der Waals surface area contributed by atoms with Gasteiger partial charge in [-0.25, -0.2) is 4.98 Å². The largest absolute Gasteiger partial charge is 0.330 e. The molecule has 0 radical (unpaired) electrons. The van der Waals surface area contributed by atoms with Crippen molar-refractivity contribution in [2.45, 2.75) is 70.9 Å². The highest BCUT2D eigenvalue weighted by atomic mass is 15.1. The van der Waals surface area contributed by atoms with Crippen molar-refractivity contribution in [2.75, 3.05) is 7.05 Å². The summed E-state index contributed by atoms with van der Waals surface area (Å²) in [5.74, 6) is 0. The molecule has 0 aromatic carbocycles. The van der Waals surface area contributed by atoms with Crippen LogP contribution < -0.4 is 5.32 Å². The molecule has 1 fully saturated rings. The number of fused-ring (bicyclic) bond motifs is 1. The summed E-state index contributed by atoms with van der Waals surface area (Å²) in [6.07, 6.45) is 11.1. The fraction of sp³-hybridized carbons (Fsp3) is 0.812. The molecule has 2 aliphatic carbocycles. The number of rotatable bonds is 2. The molecule has 1 N–H and O–H groups in total. The minimum absolute atomic E-state index is 0.378. The topological polar surface area (TPSA) is 29.9 Å². The zero-order chi connectivity index (χ0) is 13.5. The highest BCUT2D eigenvalue weighted by Crippen LogP contribution is 2.42. The van der Waals surface area contributed by atoms with Gasteiger partial charge in [0.25, 0.3) is 0 Å². The first-order valence-electron chi connectivity index (χ1n) is 7.85. The number of hydrogen-bond acceptors (Lipinski definition) is 2. The molecule has 0 aliphatic heterocycles. The van der Waals surface area contributed by atoms with Gasteiger partial charge < -0.3 is 9.88 Å². The van der Waals surface area contributed by atoms with Gasteiger partial charge >= 0.3 is 0 Å². The molecule has 0 amide bonds. The molecule has 0 saturated heterocycles. The van der Waals surface area contributed by atoms with Crippen LogP contribution in [0.1, 0.15) is 63.4 Å². The Morgan fingerprint density at radius 1 is 1.26 bits per heavy atom. The third-order valence-electron chi connectivity index (χ3n) is 5.28. The van der Waals surface area contributed by atoms with Crippen LogP contribution in [0.3, 0.4) is 0 Å². The van der Waals surface area contributed by atoms with Gasteiger partial charge in [-0.15, -0.1) is 0 Å². The zero-order valence-corrected chi connectivity index (χ0v) is 12.6. The van der Waals surface area contributed by atoms with Crippen LogP contribution in [0.2, 0.25) is 0 Å². The van der Waals surface area contributed by atoms with E-state index < -0.39 is 0 Å². The average Bonchev–Trinajstić information content (AvgIpc) is 2.81. The molecule has 2 unspecified atom stereocenters. The summed E-state index contributed by atoms with van der Waals surface area (Å²) in [5, 5.41) is 3.59. The standard InChI is InChI=1S/C16H27N3/c1-16(2)10-6-9-14(15(16)17-3)19-11-18-12-7-4-5-8-13(12)19/h11,14-15,17H,4-10H2,1-3H3. The van der Waals surface area contributed by atoms with Gasteiger partial charge in [-0.1, -0.05) is 20.3 Å². The average molecular weight is 261 g/mol. The van der Waals surface area contributed by atoms with E-state index in [-0.39, 0.29) is 0 Å². The first-order chi connectivity index (χ1) is 9.13. The molecule has 106 valence electrons. The number of imidazole rings is 1. The number of hydrogen-bond donors (Lipinski definition) is 1. The lowest BCUT2D eigenvalue weighted by molar-refractivity contribution is 0.117. The summed E-state index contributed by atoms with van der Waals surface area (Å²) in [6.45, 7) is 4.81. The molecule has 1 saturated carbocycles. The molecule has 1 heterocycles. The Morgan fingerprint density at radius 3 is 2.84 bits per heavy atom. The van der Waals surface area contributed by atoms with E-state index in [0.29, 0.717) is 17.5 Å². The first-order valence-corrected chi connectivity index (χ1v) is 7.85. The van der Waals surface area contributed by atoms with Crippen LogP contribution in [0.4, 0.5) is 0 Å². The van der Waals surface area contributed by atoms with Crippen LogP contribution >= 0.6 is 0 Å². The highest BCUT2D eigenvalue weighted by molar-refractivity contribution is 5.18. The van der Waals surface area contributed by atoms with Crippen LogP contribution in [0.15, 0.2) is 6.33 Å². The van der Waals surface area contributed by atoms with E-state index in [1.54, 1.807) is 0 Å². The molecule has 3 heteroatoms. The lowest BCUT2D eigenvalue weighted by Gasteiger charge is -2.45. The molecular formula is C16H27N3. The molecule has 3 rings (SSSR count). The normalized spacial score (nSPS) is 30.1. The molecule has 0 spiro atoms. The van der Waals surface area contributed by atoms with Crippen molar-refractivity contribution in [3.8, 4) is 0 Å². The highest BCUT2D eigenvalue weighted by Gasteiger charge is 2.39. The van der Waals surface area contributed by atoms with Crippen LogP contribution in [0, 0.1) is 5.41 Å². The van der Waals surface area contributed by atoms with Crippen molar-refractivity contribution in [3.63, 3.8) is 0 Å². The van der Waals surface area contributed by atoms with E-state index >= 15 is 0 Å². The van der Waals surface area contributed by atoms with E-state index in [4.69, 9.17) is 0 Å². The second-order valence-electron chi connectivity index (χ2n) is 6.97. The van der Waals surface area contributed by atoms with Gasteiger partial charge in [-0.05, 0) is 51.0 Å². The molecule has 1 aromatic heterocycles. The fourth-order valence-corrected chi connectivity index (χ4v) is 4.27. The summed E-state index contributed by atoms with van der Waals surface area (Å²) >= 11 is 0. The molecule has 19 heavy (non-hydrogen) atoms. The molecule has 3 nitrogen and oxygen atoms in total. The predicted octanol–water partition coefficient (Wildman–Crippen LogP) is 3.10. The monoisotopic (exact) mass is 261 g/mol. The van der Waals surface area contributed by atoms with Crippen molar-refractivity contribution in [3.05, 3.63) is 17.7 Å². The zero-order valence-electron chi connectivity index (χ0n) is 12.6. The van der Waals surface area contributed by atoms with Crippen molar-refractivity contribution in [1.29, 1.82) is 0 Å². The minimum atomic E-state index is 0.378. The third kappa shape index (κ3) is 2.22. The third-order valence-corrected chi connectivity index (χ3v) is 5.28. The van der Waals surface area contributed by atoms with Gasteiger partial charge in [-0.3, -0.25) is 0 Å². The van der Waals surface area contributed by atoms with Gasteiger partial charge in [0.05, 0.1) is 18.1 Å². The molecular weight excluding hydrogens is 234 g/mol. The van der Waals surface area contributed by atoms with Crippen molar-refractivity contribution in [2.24, 2.45) is 5.41 Å². The Hall–Kier alpha value is -0.830. The van der Waals surface area contributed by atoms with Gasteiger partial charge in [-0.2, -0.15) is 0 Å². The summed E-state index contributed by atoms with van der Waals surface area (Å²) in [6, 6.07) is 1.14. The molecule has 2 atom stereocenters. The number of aryl methyl sites for hydroxylation is 1. The minimum Gasteiger partial charge on any atom is -0.330 e. The maximum atomic E-state index is 4.68. The number of aromatic nitrogens is 2. The van der Waals surface area contributed by atoms with E-state index in [9.17, 15) is 0 Å². The van der Waals surface area contributed by atoms with E-state index in [1.165, 1.54) is 56.3 Å².